The van der Waals surface area contributed by atoms with Crippen molar-refractivity contribution in [1.29, 1.82) is 0 Å². The highest BCUT2D eigenvalue weighted by atomic mass is 15.0. The number of fused-ring (bicyclic) bond motifs is 1. The van der Waals surface area contributed by atoms with Crippen molar-refractivity contribution in [3.63, 3.8) is 0 Å². The van der Waals surface area contributed by atoms with Gasteiger partial charge in [-0.25, -0.2) is 9.97 Å². The molecular weight excluding hydrogens is 236 g/mol. The monoisotopic (exact) mass is 254 g/mol. The van der Waals surface area contributed by atoms with Gasteiger partial charge in [-0.1, -0.05) is 13.0 Å². The van der Waals surface area contributed by atoms with Crippen molar-refractivity contribution in [3.8, 4) is 11.5 Å². The fraction of sp³-hybridized carbons (Fsp3) is 0.400. The maximum Gasteiger partial charge on any atom is 0.178 e. The van der Waals surface area contributed by atoms with Gasteiger partial charge in [0, 0.05) is 37.0 Å². The Labute approximate surface area is 113 Å². The number of pyridine rings is 1. The molecule has 0 bridgehead atoms. The molecule has 0 fully saturated rings. The quantitative estimate of drug-likeness (QED) is 0.891. The van der Waals surface area contributed by atoms with Crippen LogP contribution in [0.4, 0.5) is 0 Å². The molecule has 2 aromatic heterocycles. The van der Waals surface area contributed by atoms with E-state index in [1.54, 1.807) is 0 Å². The fourth-order valence-electron chi connectivity index (χ4n) is 2.54. The smallest absolute Gasteiger partial charge is 0.178 e. The van der Waals surface area contributed by atoms with Gasteiger partial charge in [-0.15, -0.1) is 0 Å². The van der Waals surface area contributed by atoms with Gasteiger partial charge >= 0.3 is 0 Å². The molecule has 1 aliphatic rings. The second kappa shape index (κ2) is 5.05. The predicted molar refractivity (Wildman–Crippen MR) is 74.8 cm³/mol. The van der Waals surface area contributed by atoms with Crippen LogP contribution in [0.3, 0.4) is 0 Å². The largest absolute Gasteiger partial charge is 0.312 e. The minimum Gasteiger partial charge on any atom is -0.312 e. The van der Waals surface area contributed by atoms with Crippen molar-refractivity contribution in [2.24, 2.45) is 0 Å². The zero-order valence-electron chi connectivity index (χ0n) is 11.4. The summed E-state index contributed by atoms with van der Waals surface area (Å²) in [5.74, 6) is 0.774. The molecule has 0 saturated heterocycles. The van der Waals surface area contributed by atoms with E-state index in [4.69, 9.17) is 4.98 Å². The Balaban J connectivity index is 2.13. The molecule has 0 unspecified atom stereocenters. The van der Waals surface area contributed by atoms with Gasteiger partial charge in [-0.2, -0.15) is 0 Å². The summed E-state index contributed by atoms with van der Waals surface area (Å²) in [4.78, 5) is 13.9. The van der Waals surface area contributed by atoms with Gasteiger partial charge in [0.25, 0.3) is 0 Å². The number of nitrogens with one attached hydrogen (secondary N) is 1. The van der Waals surface area contributed by atoms with E-state index in [-0.39, 0.29) is 0 Å². The van der Waals surface area contributed by atoms with Crippen LogP contribution in [0.1, 0.15) is 29.4 Å². The van der Waals surface area contributed by atoms with Crippen LogP contribution in [-0.4, -0.2) is 21.5 Å². The molecule has 1 aliphatic heterocycles. The van der Waals surface area contributed by atoms with E-state index >= 15 is 0 Å². The Hall–Kier alpha value is -1.81. The van der Waals surface area contributed by atoms with Gasteiger partial charge in [-0.05, 0) is 25.0 Å². The molecule has 98 valence electrons. The standard InChI is InChI=1S/C15H18N4/c1-3-11-5-4-7-17-14(11)15-18-10(2)12-9-16-8-6-13(12)19-15/h4-5,7,16H,3,6,8-9H2,1-2H3. The minimum absolute atomic E-state index is 0.774. The highest BCUT2D eigenvalue weighted by Crippen LogP contribution is 2.22. The maximum atomic E-state index is 4.74. The van der Waals surface area contributed by atoms with Gasteiger partial charge in [-0.3, -0.25) is 4.98 Å². The molecule has 1 N–H and O–H groups in total. The van der Waals surface area contributed by atoms with Crippen LogP contribution in [0, 0.1) is 6.92 Å². The molecule has 4 heteroatoms. The lowest BCUT2D eigenvalue weighted by molar-refractivity contribution is 0.621. The van der Waals surface area contributed by atoms with Crippen LogP contribution >= 0.6 is 0 Å². The van der Waals surface area contributed by atoms with Gasteiger partial charge in [0.15, 0.2) is 5.82 Å². The summed E-state index contributed by atoms with van der Waals surface area (Å²) in [6.45, 7) is 6.07. The Morgan fingerprint density at radius 1 is 1.32 bits per heavy atom. The van der Waals surface area contributed by atoms with E-state index < -0.39 is 0 Å². The summed E-state index contributed by atoms with van der Waals surface area (Å²) in [5, 5.41) is 3.37. The van der Waals surface area contributed by atoms with Crippen molar-refractivity contribution in [1.82, 2.24) is 20.3 Å². The van der Waals surface area contributed by atoms with Crippen LogP contribution in [0.15, 0.2) is 18.3 Å². The third-order valence-corrected chi connectivity index (χ3v) is 3.62. The second-order valence-electron chi connectivity index (χ2n) is 4.85. The maximum absolute atomic E-state index is 4.74. The van der Waals surface area contributed by atoms with Crippen LogP contribution in [0.25, 0.3) is 11.5 Å². The number of hydrogen-bond acceptors (Lipinski definition) is 4. The highest BCUT2D eigenvalue weighted by molar-refractivity contribution is 5.55. The molecule has 0 aromatic carbocycles. The number of rotatable bonds is 2. The molecule has 3 rings (SSSR count). The first-order valence-corrected chi connectivity index (χ1v) is 6.81. The van der Waals surface area contributed by atoms with Crippen molar-refractivity contribution in [2.45, 2.75) is 33.2 Å². The summed E-state index contributed by atoms with van der Waals surface area (Å²) in [6.07, 6.45) is 3.73. The van der Waals surface area contributed by atoms with Crippen molar-refractivity contribution in [2.75, 3.05) is 6.54 Å². The van der Waals surface area contributed by atoms with Crippen LogP contribution in [-0.2, 0) is 19.4 Å². The summed E-state index contributed by atoms with van der Waals surface area (Å²) < 4.78 is 0. The van der Waals surface area contributed by atoms with Gasteiger partial charge in [0.05, 0.1) is 5.69 Å². The van der Waals surface area contributed by atoms with E-state index in [0.29, 0.717) is 0 Å². The molecule has 4 nitrogen and oxygen atoms in total. The van der Waals surface area contributed by atoms with E-state index in [9.17, 15) is 0 Å². The van der Waals surface area contributed by atoms with E-state index in [1.165, 1.54) is 16.8 Å². The number of nitrogens with zero attached hydrogens (tertiary/aromatic N) is 3. The number of aromatic nitrogens is 3. The average molecular weight is 254 g/mol. The van der Waals surface area contributed by atoms with Crippen molar-refractivity contribution in [3.05, 3.63) is 40.8 Å². The molecule has 0 radical (unpaired) electrons. The number of hydrogen-bond donors (Lipinski definition) is 1. The highest BCUT2D eigenvalue weighted by Gasteiger charge is 2.17. The molecule has 3 heterocycles. The molecule has 0 spiro atoms. The first kappa shape index (κ1) is 12.2. The zero-order valence-corrected chi connectivity index (χ0v) is 11.4. The molecule has 0 aliphatic carbocycles. The fourth-order valence-corrected chi connectivity index (χ4v) is 2.54. The Bertz CT molecular complexity index is 607. The molecule has 19 heavy (non-hydrogen) atoms. The topological polar surface area (TPSA) is 50.7 Å². The van der Waals surface area contributed by atoms with Crippen molar-refractivity contribution < 1.29 is 0 Å². The predicted octanol–water partition coefficient (Wildman–Crippen LogP) is 2.06. The summed E-state index contributed by atoms with van der Waals surface area (Å²) in [7, 11) is 0. The lowest BCUT2D eigenvalue weighted by Crippen LogP contribution is -2.26. The lowest BCUT2D eigenvalue weighted by atomic mass is 10.0. The minimum atomic E-state index is 0.774. The summed E-state index contributed by atoms with van der Waals surface area (Å²) in [5.41, 5.74) is 5.63. The van der Waals surface area contributed by atoms with Crippen LogP contribution < -0.4 is 5.32 Å². The van der Waals surface area contributed by atoms with Crippen LogP contribution in [0.2, 0.25) is 0 Å². The Morgan fingerprint density at radius 3 is 3.05 bits per heavy atom. The lowest BCUT2D eigenvalue weighted by Gasteiger charge is -2.19. The first-order valence-electron chi connectivity index (χ1n) is 6.81. The summed E-state index contributed by atoms with van der Waals surface area (Å²) >= 11 is 0. The molecular formula is C15H18N4. The molecule has 0 saturated carbocycles. The average Bonchev–Trinajstić information content (AvgIpc) is 2.47. The molecule has 2 aromatic rings. The second-order valence-corrected chi connectivity index (χ2v) is 4.85. The van der Waals surface area contributed by atoms with E-state index in [2.05, 4.69) is 35.2 Å². The third-order valence-electron chi connectivity index (χ3n) is 3.62. The SMILES string of the molecule is CCc1cccnc1-c1nc(C)c2c(n1)CCNC2. The number of aryl methyl sites for hydroxylation is 2. The first-order chi connectivity index (χ1) is 9.29. The Kier molecular flexibility index (Phi) is 3.25. The molecule has 0 amide bonds. The zero-order chi connectivity index (χ0) is 13.2. The van der Waals surface area contributed by atoms with Gasteiger partial charge < -0.3 is 5.32 Å². The van der Waals surface area contributed by atoms with E-state index in [1.807, 2.05) is 12.3 Å². The normalized spacial score (nSPS) is 14.2. The van der Waals surface area contributed by atoms with Gasteiger partial charge in [0.2, 0.25) is 0 Å². The van der Waals surface area contributed by atoms with Crippen molar-refractivity contribution >= 4 is 0 Å². The van der Waals surface area contributed by atoms with Crippen LogP contribution in [0.5, 0.6) is 0 Å². The van der Waals surface area contributed by atoms with E-state index in [0.717, 1.165) is 43.1 Å². The summed E-state index contributed by atoms with van der Waals surface area (Å²) in [6, 6.07) is 4.07. The Morgan fingerprint density at radius 2 is 2.21 bits per heavy atom. The molecule has 0 atom stereocenters. The third kappa shape index (κ3) is 2.24. The van der Waals surface area contributed by atoms with Gasteiger partial charge in [0.1, 0.15) is 5.69 Å².